The highest BCUT2D eigenvalue weighted by atomic mass is 19.1. The second-order valence-corrected chi connectivity index (χ2v) is 6.19. The van der Waals surface area contributed by atoms with Crippen molar-refractivity contribution in [3.63, 3.8) is 0 Å². The van der Waals surface area contributed by atoms with Gasteiger partial charge in [0.1, 0.15) is 11.9 Å². The van der Waals surface area contributed by atoms with Crippen molar-refractivity contribution in [2.24, 2.45) is 5.92 Å². The molecular formula is C23H25FN2O. The predicted molar refractivity (Wildman–Crippen MR) is 109 cm³/mol. The van der Waals surface area contributed by atoms with Crippen molar-refractivity contribution in [1.29, 1.82) is 5.26 Å². The Labute approximate surface area is 161 Å². The Morgan fingerprint density at radius 1 is 1.33 bits per heavy atom. The Morgan fingerprint density at radius 3 is 2.44 bits per heavy atom. The van der Waals surface area contributed by atoms with E-state index in [-0.39, 0.29) is 17.3 Å². The molecule has 0 aliphatic heterocycles. The van der Waals surface area contributed by atoms with E-state index >= 15 is 0 Å². The lowest BCUT2D eigenvalue weighted by Crippen LogP contribution is -2.17. The Bertz CT molecular complexity index is 867. The molecule has 0 fully saturated rings. The summed E-state index contributed by atoms with van der Waals surface area (Å²) < 4.78 is 14.2. The van der Waals surface area contributed by atoms with E-state index < -0.39 is 5.82 Å². The molecule has 0 saturated carbocycles. The molecule has 0 aliphatic rings. The molecule has 0 bridgehead atoms. The van der Waals surface area contributed by atoms with Crippen molar-refractivity contribution in [2.75, 3.05) is 7.05 Å². The lowest BCUT2D eigenvalue weighted by molar-refractivity contribution is -0.117. The molecular weight excluding hydrogens is 339 g/mol. The second-order valence-electron chi connectivity index (χ2n) is 6.19. The van der Waals surface area contributed by atoms with Gasteiger partial charge in [-0.1, -0.05) is 45.2 Å². The van der Waals surface area contributed by atoms with E-state index in [0.717, 1.165) is 5.70 Å². The van der Waals surface area contributed by atoms with Gasteiger partial charge in [0.25, 0.3) is 0 Å². The van der Waals surface area contributed by atoms with Crippen LogP contribution in [0, 0.1) is 23.1 Å². The number of likely N-dealkylation sites (N-methyl/N-ethyl adjacent to an activating group) is 1. The van der Waals surface area contributed by atoms with Gasteiger partial charge in [-0.15, -0.1) is 0 Å². The molecule has 0 spiro atoms. The molecule has 0 unspecified atom stereocenters. The highest BCUT2D eigenvalue weighted by molar-refractivity contribution is 6.00. The van der Waals surface area contributed by atoms with E-state index in [1.807, 2.05) is 19.9 Å². The first-order chi connectivity index (χ1) is 12.8. The number of rotatable bonds is 8. The van der Waals surface area contributed by atoms with Crippen molar-refractivity contribution in [1.82, 2.24) is 4.90 Å². The van der Waals surface area contributed by atoms with Crippen LogP contribution in [0.15, 0.2) is 73.0 Å². The zero-order chi connectivity index (χ0) is 20.6. The number of allylic oxidation sites excluding steroid dienone is 6. The maximum atomic E-state index is 14.2. The second kappa shape index (κ2) is 10.1. The first kappa shape index (κ1) is 21.9. The monoisotopic (exact) mass is 364 g/mol. The van der Waals surface area contributed by atoms with Crippen molar-refractivity contribution in [3.05, 3.63) is 90.0 Å². The van der Waals surface area contributed by atoms with Crippen LogP contribution in [-0.2, 0) is 4.79 Å². The maximum Gasteiger partial charge on any atom is 0.165 e. The number of carbonyl (C=O) groups is 1. The van der Waals surface area contributed by atoms with Gasteiger partial charge in [-0.3, -0.25) is 4.79 Å². The molecule has 27 heavy (non-hydrogen) atoms. The number of nitrogens with zero attached hydrogens (tertiary/aromatic N) is 2. The third-order valence-electron chi connectivity index (χ3n) is 4.04. The molecule has 0 amide bonds. The van der Waals surface area contributed by atoms with Crippen LogP contribution in [0.4, 0.5) is 4.39 Å². The van der Waals surface area contributed by atoms with Gasteiger partial charge in [-0.2, -0.15) is 5.26 Å². The van der Waals surface area contributed by atoms with E-state index in [0.29, 0.717) is 16.8 Å². The minimum absolute atomic E-state index is 0.00892. The number of halogens is 1. The molecule has 0 aliphatic carbocycles. The van der Waals surface area contributed by atoms with E-state index in [4.69, 9.17) is 5.26 Å². The fourth-order valence-electron chi connectivity index (χ4n) is 2.49. The summed E-state index contributed by atoms with van der Waals surface area (Å²) in [4.78, 5) is 14.3. The molecule has 0 heterocycles. The molecule has 3 nitrogen and oxygen atoms in total. The molecule has 1 rings (SSSR count). The van der Waals surface area contributed by atoms with Crippen LogP contribution in [-0.4, -0.2) is 17.7 Å². The standard InChI is InChI=1S/C23H25FN2O/c1-7-10-20(9-3)26(6)22(14-17(8-2)23(27)16(4)5)18-11-12-19(15-25)21(24)13-18/h7-14,16H,1,3H2,2,4-6H3/b17-8+,20-10+,22-14-. The zero-order valence-corrected chi connectivity index (χ0v) is 16.3. The average molecular weight is 364 g/mol. The SMILES string of the molecule is C=C/C=C(\C=C)N(C)/C(=C\C(=C/C)C(=O)C(C)C)c1ccc(C#N)c(F)c1. The first-order valence-corrected chi connectivity index (χ1v) is 8.61. The molecule has 0 radical (unpaired) electrons. The predicted octanol–water partition coefficient (Wildman–Crippen LogP) is 5.40. The van der Waals surface area contributed by atoms with Crippen LogP contribution in [0.3, 0.4) is 0 Å². The largest absolute Gasteiger partial charge is 0.344 e. The van der Waals surface area contributed by atoms with Crippen molar-refractivity contribution in [2.45, 2.75) is 20.8 Å². The summed E-state index contributed by atoms with van der Waals surface area (Å²) in [5.74, 6) is -0.788. The van der Waals surface area contributed by atoms with Crippen molar-refractivity contribution in [3.8, 4) is 6.07 Å². The minimum Gasteiger partial charge on any atom is -0.344 e. The van der Waals surface area contributed by atoms with Crippen LogP contribution in [0.25, 0.3) is 5.70 Å². The number of nitriles is 1. The van der Waals surface area contributed by atoms with Crippen molar-refractivity contribution < 1.29 is 9.18 Å². The molecule has 0 atom stereocenters. The quantitative estimate of drug-likeness (QED) is 0.458. The summed E-state index contributed by atoms with van der Waals surface area (Å²) in [7, 11) is 1.80. The van der Waals surface area contributed by atoms with E-state index in [1.54, 1.807) is 55.3 Å². The topological polar surface area (TPSA) is 44.1 Å². The summed E-state index contributed by atoms with van der Waals surface area (Å²) in [5, 5.41) is 8.97. The zero-order valence-electron chi connectivity index (χ0n) is 16.3. The van der Waals surface area contributed by atoms with Gasteiger partial charge in [-0.25, -0.2) is 4.39 Å². The highest BCUT2D eigenvalue weighted by Gasteiger charge is 2.17. The number of ketones is 1. The van der Waals surface area contributed by atoms with E-state index in [9.17, 15) is 9.18 Å². The fourth-order valence-corrected chi connectivity index (χ4v) is 2.49. The van der Waals surface area contributed by atoms with Crippen LogP contribution in [0.1, 0.15) is 31.9 Å². The molecule has 1 aromatic carbocycles. The molecule has 0 saturated heterocycles. The van der Waals surface area contributed by atoms with Gasteiger partial charge in [0, 0.05) is 35.5 Å². The van der Waals surface area contributed by atoms with Gasteiger partial charge in [0.2, 0.25) is 0 Å². The Hall–Kier alpha value is -3.19. The first-order valence-electron chi connectivity index (χ1n) is 8.61. The maximum absolute atomic E-state index is 14.2. The normalized spacial score (nSPS) is 12.6. The van der Waals surface area contributed by atoms with Gasteiger partial charge in [0.15, 0.2) is 5.78 Å². The van der Waals surface area contributed by atoms with Crippen molar-refractivity contribution >= 4 is 11.5 Å². The molecule has 4 heteroatoms. The number of hydrogen-bond donors (Lipinski definition) is 0. The van der Waals surface area contributed by atoms with Gasteiger partial charge in [0.05, 0.1) is 5.56 Å². The number of hydrogen-bond acceptors (Lipinski definition) is 3. The van der Waals surface area contributed by atoms with Gasteiger partial charge >= 0.3 is 0 Å². The Balaban J connectivity index is 3.65. The fraction of sp³-hybridized carbons (Fsp3) is 0.217. The van der Waals surface area contributed by atoms with E-state index in [1.165, 1.54) is 12.1 Å². The van der Waals surface area contributed by atoms with Crippen LogP contribution >= 0.6 is 0 Å². The third-order valence-corrected chi connectivity index (χ3v) is 4.04. The Morgan fingerprint density at radius 2 is 2.00 bits per heavy atom. The number of benzene rings is 1. The molecule has 140 valence electrons. The summed E-state index contributed by atoms with van der Waals surface area (Å²) >= 11 is 0. The summed E-state index contributed by atoms with van der Waals surface area (Å²) in [6.45, 7) is 12.9. The smallest absolute Gasteiger partial charge is 0.165 e. The summed E-state index contributed by atoms with van der Waals surface area (Å²) in [6.07, 6.45) is 8.50. The van der Waals surface area contributed by atoms with Gasteiger partial charge in [-0.05, 0) is 37.3 Å². The minimum atomic E-state index is -0.612. The van der Waals surface area contributed by atoms with Crippen LogP contribution < -0.4 is 0 Å². The molecule has 1 aromatic rings. The lowest BCUT2D eigenvalue weighted by Gasteiger charge is -2.25. The highest BCUT2D eigenvalue weighted by Crippen LogP contribution is 2.26. The third kappa shape index (κ3) is 5.39. The van der Waals surface area contributed by atoms with E-state index in [2.05, 4.69) is 13.2 Å². The van der Waals surface area contributed by atoms with Crippen LogP contribution in [0.2, 0.25) is 0 Å². The molecule has 0 N–H and O–H groups in total. The molecule has 0 aromatic heterocycles. The average Bonchev–Trinajstić information content (AvgIpc) is 2.65. The number of Topliss-reactive ketones (excluding diaryl/α,β-unsaturated/α-hetero) is 1. The Kier molecular flexibility index (Phi) is 8.16. The summed E-state index contributed by atoms with van der Waals surface area (Å²) in [6, 6.07) is 6.20. The van der Waals surface area contributed by atoms with Gasteiger partial charge < -0.3 is 4.90 Å². The summed E-state index contributed by atoms with van der Waals surface area (Å²) in [5.41, 5.74) is 2.37. The van der Waals surface area contributed by atoms with Crippen LogP contribution in [0.5, 0.6) is 0 Å². The lowest BCUT2D eigenvalue weighted by atomic mass is 9.97. The number of carbonyl (C=O) groups excluding carboxylic acids is 1.